The van der Waals surface area contributed by atoms with Crippen LogP contribution in [0, 0.1) is 0 Å². The third kappa shape index (κ3) is 10.6. The van der Waals surface area contributed by atoms with E-state index in [0.29, 0.717) is 19.6 Å². The SMILES string of the molecule is CCOC(=O)CCCNC(=O)[C@H](C)NC(=O)OC(C)(C)C. The third-order valence-electron chi connectivity index (χ3n) is 2.29. The van der Waals surface area contributed by atoms with Crippen LogP contribution in [0.4, 0.5) is 4.79 Å². The Bertz CT molecular complexity index is 363. The van der Waals surface area contributed by atoms with Gasteiger partial charge in [-0.2, -0.15) is 0 Å². The predicted molar refractivity (Wildman–Crippen MR) is 77.7 cm³/mol. The number of amides is 2. The second kappa shape index (κ2) is 9.20. The maximum atomic E-state index is 11.7. The number of carbonyl (C=O) groups excluding carboxylic acids is 3. The van der Waals surface area contributed by atoms with Crippen LogP contribution in [0.2, 0.25) is 0 Å². The molecule has 0 bridgehead atoms. The van der Waals surface area contributed by atoms with E-state index in [-0.39, 0.29) is 18.3 Å². The van der Waals surface area contributed by atoms with Crippen LogP contribution in [0.25, 0.3) is 0 Å². The Labute approximate surface area is 125 Å². The molecular weight excluding hydrogens is 276 g/mol. The Balaban J connectivity index is 3.90. The van der Waals surface area contributed by atoms with Gasteiger partial charge < -0.3 is 20.1 Å². The van der Waals surface area contributed by atoms with E-state index >= 15 is 0 Å². The molecule has 0 heterocycles. The maximum absolute atomic E-state index is 11.7. The molecule has 0 unspecified atom stereocenters. The Morgan fingerprint density at radius 2 is 1.81 bits per heavy atom. The summed E-state index contributed by atoms with van der Waals surface area (Å²) in [5, 5.41) is 5.07. The van der Waals surface area contributed by atoms with Crippen molar-refractivity contribution >= 4 is 18.0 Å². The van der Waals surface area contributed by atoms with Crippen molar-refractivity contribution in [3.8, 4) is 0 Å². The molecule has 0 aliphatic carbocycles. The van der Waals surface area contributed by atoms with E-state index in [0.717, 1.165) is 0 Å². The predicted octanol–water partition coefficient (Wildman–Crippen LogP) is 1.36. The van der Waals surface area contributed by atoms with Crippen LogP contribution in [-0.2, 0) is 19.1 Å². The van der Waals surface area contributed by atoms with Crippen molar-refractivity contribution in [1.29, 1.82) is 0 Å². The van der Waals surface area contributed by atoms with Crippen LogP contribution < -0.4 is 10.6 Å². The van der Waals surface area contributed by atoms with E-state index in [9.17, 15) is 14.4 Å². The molecule has 7 nitrogen and oxygen atoms in total. The van der Waals surface area contributed by atoms with Crippen molar-refractivity contribution in [2.24, 2.45) is 0 Å². The van der Waals surface area contributed by atoms with Crippen molar-refractivity contribution in [2.45, 2.75) is 59.1 Å². The summed E-state index contributed by atoms with van der Waals surface area (Å²) in [4.78, 5) is 34.3. The number of esters is 1. The minimum atomic E-state index is -0.706. The van der Waals surface area contributed by atoms with Crippen molar-refractivity contribution in [3.05, 3.63) is 0 Å². The molecule has 1 atom stereocenters. The normalized spacial score (nSPS) is 12.2. The Kier molecular flexibility index (Phi) is 8.42. The molecule has 2 amide bonds. The Morgan fingerprint density at radius 1 is 1.19 bits per heavy atom. The van der Waals surface area contributed by atoms with Gasteiger partial charge in [-0.25, -0.2) is 4.79 Å². The van der Waals surface area contributed by atoms with Gasteiger partial charge in [0.15, 0.2) is 0 Å². The molecule has 2 N–H and O–H groups in total. The molecule has 0 aliphatic rings. The molecule has 0 fully saturated rings. The van der Waals surface area contributed by atoms with Crippen LogP contribution in [-0.4, -0.2) is 42.8 Å². The fourth-order valence-corrected chi connectivity index (χ4v) is 1.38. The van der Waals surface area contributed by atoms with Crippen molar-refractivity contribution in [3.63, 3.8) is 0 Å². The second-order valence-corrected chi connectivity index (χ2v) is 5.57. The third-order valence-corrected chi connectivity index (χ3v) is 2.29. The van der Waals surface area contributed by atoms with Gasteiger partial charge in [-0.1, -0.05) is 0 Å². The standard InChI is InChI=1S/C14H26N2O5/c1-6-20-11(17)8-7-9-15-12(18)10(2)16-13(19)21-14(3,4)5/h10H,6-9H2,1-5H3,(H,15,18)(H,16,19)/t10-/m0/s1. The molecule has 0 rings (SSSR count). The van der Waals surface area contributed by atoms with Crippen LogP contribution in [0.1, 0.15) is 47.5 Å². The van der Waals surface area contributed by atoms with Crippen molar-refractivity contribution in [2.75, 3.05) is 13.2 Å². The van der Waals surface area contributed by atoms with Gasteiger partial charge in [-0.3, -0.25) is 9.59 Å². The summed E-state index contributed by atoms with van der Waals surface area (Å²) < 4.78 is 9.82. The minimum absolute atomic E-state index is 0.252. The highest BCUT2D eigenvalue weighted by Gasteiger charge is 2.20. The van der Waals surface area contributed by atoms with E-state index in [4.69, 9.17) is 9.47 Å². The fourth-order valence-electron chi connectivity index (χ4n) is 1.38. The molecule has 21 heavy (non-hydrogen) atoms. The highest BCUT2D eigenvalue weighted by Crippen LogP contribution is 2.06. The van der Waals surface area contributed by atoms with E-state index < -0.39 is 17.7 Å². The van der Waals surface area contributed by atoms with Gasteiger partial charge in [-0.05, 0) is 41.0 Å². The first-order chi connectivity index (χ1) is 9.65. The number of hydrogen-bond acceptors (Lipinski definition) is 5. The van der Waals surface area contributed by atoms with Crippen LogP contribution in [0.3, 0.4) is 0 Å². The number of ether oxygens (including phenoxy) is 2. The molecule has 0 spiro atoms. The molecule has 0 saturated heterocycles. The smallest absolute Gasteiger partial charge is 0.408 e. The number of rotatable bonds is 7. The van der Waals surface area contributed by atoms with Gasteiger partial charge >= 0.3 is 12.1 Å². The largest absolute Gasteiger partial charge is 0.466 e. The molecular formula is C14H26N2O5. The number of nitrogens with one attached hydrogen (secondary N) is 2. The van der Waals surface area contributed by atoms with Gasteiger partial charge in [0.1, 0.15) is 11.6 Å². The van der Waals surface area contributed by atoms with E-state index in [2.05, 4.69) is 10.6 Å². The van der Waals surface area contributed by atoms with Gasteiger partial charge in [0.2, 0.25) is 5.91 Å². The molecule has 122 valence electrons. The van der Waals surface area contributed by atoms with Gasteiger partial charge in [0, 0.05) is 13.0 Å². The lowest BCUT2D eigenvalue weighted by atomic mass is 10.2. The molecule has 0 radical (unpaired) electrons. The van der Waals surface area contributed by atoms with Gasteiger partial charge in [-0.15, -0.1) is 0 Å². The summed E-state index contributed by atoms with van der Waals surface area (Å²) in [6.07, 6.45) is 0.0998. The lowest BCUT2D eigenvalue weighted by Gasteiger charge is -2.21. The summed E-state index contributed by atoms with van der Waals surface area (Å²) in [6, 6.07) is -0.706. The minimum Gasteiger partial charge on any atom is -0.466 e. The van der Waals surface area contributed by atoms with Crippen LogP contribution in [0.15, 0.2) is 0 Å². The number of alkyl carbamates (subject to hydrolysis) is 1. The lowest BCUT2D eigenvalue weighted by molar-refractivity contribution is -0.143. The van der Waals surface area contributed by atoms with Gasteiger partial charge in [0.25, 0.3) is 0 Å². The summed E-state index contributed by atoms with van der Waals surface area (Å²) >= 11 is 0. The average molecular weight is 302 g/mol. The second-order valence-electron chi connectivity index (χ2n) is 5.57. The molecule has 7 heteroatoms. The van der Waals surface area contributed by atoms with E-state index in [1.165, 1.54) is 0 Å². The van der Waals surface area contributed by atoms with E-state index in [1.807, 2.05) is 0 Å². The molecule has 0 aromatic rings. The summed E-state index contributed by atoms with van der Waals surface area (Å²) in [7, 11) is 0. The zero-order valence-corrected chi connectivity index (χ0v) is 13.4. The number of hydrogen-bond donors (Lipinski definition) is 2. The average Bonchev–Trinajstić information content (AvgIpc) is 2.32. The number of carbonyl (C=O) groups is 3. The van der Waals surface area contributed by atoms with Crippen molar-refractivity contribution in [1.82, 2.24) is 10.6 Å². The molecule has 0 saturated carbocycles. The monoisotopic (exact) mass is 302 g/mol. The van der Waals surface area contributed by atoms with Gasteiger partial charge in [0.05, 0.1) is 6.61 Å². The quantitative estimate of drug-likeness (QED) is 0.547. The fraction of sp³-hybridized carbons (Fsp3) is 0.786. The highest BCUT2D eigenvalue weighted by molar-refractivity contribution is 5.85. The van der Waals surface area contributed by atoms with E-state index in [1.54, 1.807) is 34.6 Å². The summed E-state index contributed by atoms with van der Waals surface area (Å²) in [5.74, 6) is -0.614. The zero-order chi connectivity index (χ0) is 16.5. The highest BCUT2D eigenvalue weighted by atomic mass is 16.6. The maximum Gasteiger partial charge on any atom is 0.408 e. The first kappa shape index (κ1) is 19.2. The Morgan fingerprint density at radius 3 is 2.33 bits per heavy atom. The van der Waals surface area contributed by atoms with Crippen molar-refractivity contribution < 1.29 is 23.9 Å². The topological polar surface area (TPSA) is 93.7 Å². The first-order valence-electron chi connectivity index (χ1n) is 7.08. The lowest BCUT2D eigenvalue weighted by Crippen LogP contribution is -2.46. The van der Waals surface area contributed by atoms with Crippen LogP contribution in [0.5, 0.6) is 0 Å². The molecule has 0 aromatic heterocycles. The molecule has 0 aliphatic heterocycles. The molecule has 0 aromatic carbocycles. The zero-order valence-electron chi connectivity index (χ0n) is 13.4. The van der Waals surface area contributed by atoms with Crippen LogP contribution >= 0.6 is 0 Å². The summed E-state index contributed by atoms with van der Waals surface area (Å²) in [5.41, 5.74) is -0.611. The Hall–Kier alpha value is -1.79. The summed E-state index contributed by atoms with van der Waals surface area (Å²) in [6.45, 7) is 9.22. The first-order valence-corrected chi connectivity index (χ1v) is 7.08.